The molecule has 1 aliphatic rings. The molecule has 1 saturated heterocycles. The van der Waals surface area contributed by atoms with Crippen molar-refractivity contribution in [2.75, 3.05) is 18.0 Å². The highest BCUT2D eigenvalue weighted by Gasteiger charge is 2.49. The summed E-state index contributed by atoms with van der Waals surface area (Å²) in [5, 5.41) is 6.80. The third kappa shape index (κ3) is 3.48. The van der Waals surface area contributed by atoms with Crippen LogP contribution in [0.2, 0.25) is 0 Å². The van der Waals surface area contributed by atoms with E-state index in [0.717, 1.165) is 32.1 Å². The second-order valence-electron chi connectivity index (χ2n) is 8.64. The van der Waals surface area contributed by atoms with Gasteiger partial charge < -0.3 is 10.2 Å². The molecule has 1 aliphatic heterocycles. The molecule has 1 N–H and O–H groups in total. The number of amides is 4. The Morgan fingerprint density at radius 1 is 0.882 bits per heavy atom. The molecule has 4 amide bonds. The van der Waals surface area contributed by atoms with Gasteiger partial charge in [0.05, 0.1) is 5.69 Å². The van der Waals surface area contributed by atoms with Crippen molar-refractivity contribution in [1.82, 2.24) is 10.2 Å². The fraction of sp³-hybridized carbons (Fsp3) is 0.179. The maximum absolute atomic E-state index is 13.4. The van der Waals surface area contributed by atoms with E-state index in [-0.39, 0.29) is 12.5 Å². The Balaban J connectivity index is 1.43. The molecule has 6 nitrogen and oxygen atoms in total. The Hall–Kier alpha value is -4.19. The first kappa shape index (κ1) is 21.6. The predicted molar refractivity (Wildman–Crippen MR) is 134 cm³/mol. The monoisotopic (exact) mass is 451 g/mol. The summed E-state index contributed by atoms with van der Waals surface area (Å²) in [6, 6.07) is 26.6. The average molecular weight is 452 g/mol. The molecule has 170 valence electrons. The highest BCUT2D eigenvalue weighted by atomic mass is 16.2. The lowest BCUT2D eigenvalue weighted by Gasteiger charge is -2.25. The average Bonchev–Trinajstić information content (AvgIpc) is 3.08. The van der Waals surface area contributed by atoms with Crippen LogP contribution in [-0.2, 0) is 15.1 Å². The van der Waals surface area contributed by atoms with Crippen molar-refractivity contribution < 1.29 is 14.4 Å². The fourth-order valence-corrected chi connectivity index (χ4v) is 4.68. The number of anilines is 1. The van der Waals surface area contributed by atoms with E-state index < -0.39 is 17.5 Å². The van der Waals surface area contributed by atoms with E-state index in [4.69, 9.17) is 0 Å². The Bertz CT molecular complexity index is 1440. The standard InChI is InChI=1S/C28H25N3O3/c1-3-30(24-14-8-12-20-10-6-7-13-23(20)24)25(32)18-31-26(33)28(2,29-27(31)34)22-16-15-19-9-4-5-11-21(19)17-22/h4-17H,3,18H2,1-2H3,(H,29,34). The quantitative estimate of drug-likeness (QED) is 0.443. The van der Waals surface area contributed by atoms with Crippen molar-refractivity contribution in [2.24, 2.45) is 0 Å². The summed E-state index contributed by atoms with van der Waals surface area (Å²) in [6.45, 7) is 3.65. The molecule has 1 fully saturated rings. The first-order valence-electron chi connectivity index (χ1n) is 11.3. The van der Waals surface area contributed by atoms with Gasteiger partial charge in [-0.05, 0) is 47.7 Å². The van der Waals surface area contributed by atoms with Gasteiger partial charge in [-0.15, -0.1) is 0 Å². The topological polar surface area (TPSA) is 69.7 Å². The summed E-state index contributed by atoms with van der Waals surface area (Å²) >= 11 is 0. The Morgan fingerprint density at radius 3 is 2.32 bits per heavy atom. The number of benzene rings is 4. The van der Waals surface area contributed by atoms with Crippen molar-refractivity contribution in [2.45, 2.75) is 19.4 Å². The largest absolute Gasteiger partial charge is 0.325 e. The van der Waals surface area contributed by atoms with Crippen LogP contribution in [0.25, 0.3) is 21.5 Å². The van der Waals surface area contributed by atoms with Crippen LogP contribution >= 0.6 is 0 Å². The number of imide groups is 1. The minimum atomic E-state index is -1.24. The molecule has 0 aliphatic carbocycles. The van der Waals surface area contributed by atoms with Gasteiger partial charge in [0, 0.05) is 11.9 Å². The van der Waals surface area contributed by atoms with Crippen LogP contribution in [0, 0.1) is 0 Å². The summed E-state index contributed by atoms with van der Waals surface area (Å²) in [5.74, 6) is -0.750. The Morgan fingerprint density at radius 2 is 1.56 bits per heavy atom. The van der Waals surface area contributed by atoms with E-state index in [1.165, 1.54) is 0 Å². The lowest BCUT2D eigenvalue weighted by atomic mass is 9.90. The molecule has 0 bridgehead atoms. The zero-order valence-corrected chi connectivity index (χ0v) is 19.1. The zero-order valence-electron chi connectivity index (χ0n) is 19.1. The number of rotatable bonds is 5. The number of urea groups is 1. The van der Waals surface area contributed by atoms with Crippen LogP contribution in [-0.4, -0.2) is 35.8 Å². The number of carbonyl (C=O) groups excluding carboxylic acids is 3. The maximum Gasteiger partial charge on any atom is 0.325 e. The van der Waals surface area contributed by atoms with Gasteiger partial charge in [-0.3, -0.25) is 14.5 Å². The molecule has 0 radical (unpaired) electrons. The maximum atomic E-state index is 13.4. The first-order valence-corrected chi connectivity index (χ1v) is 11.3. The molecule has 1 unspecified atom stereocenters. The zero-order chi connectivity index (χ0) is 23.9. The van der Waals surface area contributed by atoms with Crippen molar-refractivity contribution in [3.63, 3.8) is 0 Å². The summed E-state index contributed by atoms with van der Waals surface area (Å²) in [6.07, 6.45) is 0. The number of hydrogen-bond donors (Lipinski definition) is 1. The Labute approximate surface area is 197 Å². The minimum absolute atomic E-state index is 0.315. The SMILES string of the molecule is CCN(C(=O)CN1C(=O)NC(C)(c2ccc3ccccc3c2)C1=O)c1cccc2ccccc12. The van der Waals surface area contributed by atoms with Gasteiger partial charge in [-0.25, -0.2) is 4.79 Å². The second-order valence-corrected chi connectivity index (χ2v) is 8.64. The predicted octanol–water partition coefficient (Wildman–Crippen LogP) is 4.81. The molecule has 4 aromatic rings. The number of carbonyl (C=O) groups is 3. The van der Waals surface area contributed by atoms with Crippen LogP contribution in [0.4, 0.5) is 10.5 Å². The normalized spacial score (nSPS) is 17.9. The fourth-order valence-electron chi connectivity index (χ4n) is 4.68. The van der Waals surface area contributed by atoms with Crippen molar-refractivity contribution in [3.05, 3.63) is 90.5 Å². The van der Waals surface area contributed by atoms with Crippen LogP contribution in [0.1, 0.15) is 19.4 Å². The third-order valence-electron chi connectivity index (χ3n) is 6.57. The first-order chi connectivity index (χ1) is 16.4. The highest BCUT2D eigenvalue weighted by molar-refractivity contribution is 6.12. The van der Waals surface area contributed by atoms with Crippen molar-refractivity contribution >= 4 is 45.1 Å². The molecule has 1 atom stereocenters. The van der Waals surface area contributed by atoms with E-state index in [1.54, 1.807) is 11.8 Å². The van der Waals surface area contributed by atoms with E-state index in [2.05, 4.69) is 5.32 Å². The number of likely N-dealkylation sites (N-methyl/N-ethyl adjacent to an activating group) is 1. The molecule has 0 aromatic heterocycles. The molecule has 5 rings (SSSR count). The van der Waals surface area contributed by atoms with Crippen LogP contribution < -0.4 is 10.2 Å². The van der Waals surface area contributed by atoms with Crippen LogP contribution in [0.3, 0.4) is 0 Å². The minimum Gasteiger partial charge on any atom is -0.319 e. The molecule has 6 heteroatoms. The van der Waals surface area contributed by atoms with Crippen molar-refractivity contribution in [1.29, 1.82) is 0 Å². The van der Waals surface area contributed by atoms with Crippen LogP contribution in [0.15, 0.2) is 84.9 Å². The lowest BCUT2D eigenvalue weighted by molar-refractivity contribution is -0.134. The molecule has 0 saturated carbocycles. The lowest BCUT2D eigenvalue weighted by Crippen LogP contribution is -2.44. The summed E-state index contributed by atoms with van der Waals surface area (Å²) < 4.78 is 0. The molecule has 1 heterocycles. The highest BCUT2D eigenvalue weighted by Crippen LogP contribution is 2.32. The molecular formula is C28H25N3O3. The van der Waals surface area contributed by atoms with E-state index in [1.807, 2.05) is 91.9 Å². The van der Waals surface area contributed by atoms with E-state index >= 15 is 0 Å². The van der Waals surface area contributed by atoms with Gasteiger partial charge in [0.1, 0.15) is 12.1 Å². The number of fused-ring (bicyclic) bond motifs is 2. The van der Waals surface area contributed by atoms with E-state index in [0.29, 0.717) is 12.1 Å². The number of hydrogen-bond acceptors (Lipinski definition) is 3. The molecule has 34 heavy (non-hydrogen) atoms. The summed E-state index contributed by atoms with van der Waals surface area (Å²) in [5.41, 5.74) is 0.202. The summed E-state index contributed by atoms with van der Waals surface area (Å²) in [4.78, 5) is 42.3. The molecule has 0 spiro atoms. The molecular weight excluding hydrogens is 426 g/mol. The second kappa shape index (κ2) is 8.30. The van der Waals surface area contributed by atoms with Gasteiger partial charge in [0.15, 0.2) is 0 Å². The van der Waals surface area contributed by atoms with E-state index in [9.17, 15) is 14.4 Å². The third-order valence-corrected chi connectivity index (χ3v) is 6.57. The molecule has 4 aromatic carbocycles. The Kier molecular flexibility index (Phi) is 5.28. The van der Waals surface area contributed by atoms with Gasteiger partial charge in [0.25, 0.3) is 5.91 Å². The summed E-state index contributed by atoms with van der Waals surface area (Å²) in [7, 11) is 0. The smallest absolute Gasteiger partial charge is 0.319 e. The van der Waals surface area contributed by atoms with Crippen molar-refractivity contribution in [3.8, 4) is 0 Å². The van der Waals surface area contributed by atoms with Gasteiger partial charge >= 0.3 is 6.03 Å². The number of nitrogens with one attached hydrogen (secondary N) is 1. The van der Waals surface area contributed by atoms with Gasteiger partial charge in [-0.2, -0.15) is 0 Å². The van der Waals surface area contributed by atoms with Gasteiger partial charge in [0.2, 0.25) is 5.91 Å². The van der Waals surface area contributed by atoms with Crippen LogP contribution in [0.5, 0.6) is 0 Å². The number of nitrogens with zero attached hydrogens (tertiary/aromatic N) is 2. The van der Waals surface area contributed by atoms with Gasteiger partial charge in [-0.1, -0.05) is 72.8 Å².